The molecule has 3 heterocycles. The molecule has 7 heteroatoms. The van der Waals surface area contributed by atoms with Gasteiger partial charge in [-0.15, -0.1) is 0 Å². The zero-order valence-corrected chi connectivity index (χ0v) is 14.1. The second-order valence-corrected chi connectivity index (χ2v) is 6.53. The van der Waals surface area contributed by atoms with Crippen molar-refractivity contribution in [1.82, 2.24) is 9.88 Å². The molecule has 1 amide bonds. The third-order valence-electron chi connectivity index (χ3n) is 4.89. The molecule has 3 N–H and O–H groups in total. The normalized spacial score (nSPS) is 17.7. The van der Waals surface area contributed by atoms with Crippen LogP contribution in [-0.2, 0) is 0 Å². The number of hydrogen-bond donors (Lipinski definition) is 2. The number of carbonyl (C=O) groups excluding carboxylic acids is 1. The highest BCUT2D eigenvalue weighted by atomic mass is 16.2. The van der Waals surface area contributed by atoms with Gasteiger partial charge in [0, 0.05) is 37.7 Å². The largest absolute Gasteiger partial charge is 0.382 e. The van der Waals surface area contributed by atoms with Crippen molar-refractivity contribution in [1.29, 1.82) is 5.26 Å². The number of aliphatic imine (C=N–C) groups is 1. The first-order chi connectivity index (χ1) is 12.6. The number of piperidine rings is 1. The molecular formula is C19H18N6O. The summed E-state index contributed by atoms with van der Waals surface area (Å²) in [5, 5.41) is 12.3. The van der Waals surface area contributed by atoms with Crippen LogP contribution >= 0.6 is 0 Å². The van der Waals surface area contributed by atoms with Crippen LogP contribution in [0.1, 0.15) is 34.5 Å². The molecule has 1 fully saturated rings. The summed E-state index contributed by atoms with van der Waals surface area (Å²) >= 11 is 0. The van der Waals surface area contributed by atoms with Gasteiger partial charge in [0.15, 0.2) is 0 Å². The number of hydrogen-bond acceptors (Lipinski definition) is 6. The van der Waals surface area contributed by atoms with Crippen LogP contribution in [0.25, 0.3) is 0 Å². The second kappa shape index (κ2) is 6.15. The summed E-state index contributed by atoms with van der Waals surface area (Å²) in [5.41, 5.74) is 8.31. The molecule has 0 atom stereocenters. The number of nitrogens with zero attached hydrogens (tertiary/aromatic N) is 4. The van der Waals surface area contributed by atoms with Crippen LogP contribution in [0, 0.1) is 11.3 Å². The highest BCUT2D eigenvalue weighted by Crippen LogP contribution is 2.33. The Morgan fingerprint density at radius 1 is 1.23 bits per heavy atom. The molecule has 0 unspecified atom stereocenters. The van der Waals surface area contributed by atoms with Crippen molar-refractivity contribution >= 4 is 17.4 Å². The van der Waals surface area contributed by atoms with E-state index in [4.69, 9.17) is 11.0 Å². The summed E-state index contributed by atoms with van der Waals surface area (Å²) in [4.78, 5) is 23.4. The molecule has 1 spiro atoms. The van der Waals surface area contributed by atoms with E-state index in [-0.39, 0.29) is 5.91 Å². The number of nitrogens with two attached hydrogens (primary N) is 1. The Hall–Kier alpha value is -3.40. The third-order valence-corrected chi connectivity index (χ3v) is 4.89. The predicted molar refractivity (Wildman–Crippen MR) is 97.6 cm³/mol. The molecule has 2 aliphatic rings. The highest BCUT2D eigenvalue weighted by Gasteiger charge is 2.39. The molecule has 0 radical (unpaired) electrons. The maximum atomic E-state index is 12.7. The number of carbonyl (C=O) groups is 1. The summed E-state index contributed by atoms with van der Waals surface area (Å²) in [6.07, 6.45) is 3.04. The van der Waals surface area contributed by atoms with Crippen molar-refractivity contribution in [3.05, 3.63) is 59.4 Å². The molecule has 0 bridgehead atoms. The van der Waals surface area contributed by atoms with Gasteiger partial charge in [0.05, 0.1) is 17.3 Å². The Bertz CT molecular complexity index is 920. The zero-order valence-electron chi connectivity index (χ0n) is 14.1. The quantitative estimate of drug-likeness (QED) is 0.817. The summed E-state index contributed by atoms with van der Waals surface area (Å²) < 4.78 is 0. The van der Waals surface area contributed by atoms with E-state index >= 15 is 0 Å². The molecule has 1 saturated heterocycles. The van der Waals surface area contributed by atoms with Gasteiger partial charge in [-0.1, -0.05) is 0 Å². The Morgan fingerprint density at radius 2 is 1.96 bits per heavy atom. The van der Waals surface area contributed by atoms with Crippen molar-refractivity contribution in [3.63, 3.8) is 0 Å². The van der Waals surface area contributed by atoms with Crippen molar-refractivity contribution in [2.45, 2.75) is 18.5 Å². The zero-order chi connectivity index (χ0) is 18.1. The minimum atomic E-state index is -0.485. The van der Waals surface area contributed by atoms with Gasteiger partial charge in [0.1, 0.15) is 17.2 Å². The molecule has 1 aromatic heterocycles. The molecule has 130 valence electrons. The summed E-state index contributed by atoms with van der Waals surface area (Å²) in [7, 11) is 0. The molecule has 7 nitrogen and oxygen atoms in total. The summed E-state index contributed by atoms with van der Waals surface area (Å²) in [5.74, 6) is 0.408. The van der Waals surface area contributed by atoms with Gasteiger partial charge in [-0.25, -0.2) is 4.99 Å². The van der Waals surface area contributed by atoms with Crippen molar-refractivity contribution in [2.75, 3.05) is 18.4 Å². The molecule has 0 aliphatic carbocycles. The van der Waals surface area contributed by atoms with E-state index < -0.39 is 5.66 Å². The smallest absolute Gasteiger partial charge is 0.253 e. The average molecular weight is 346 g/mol. The first-order valence-electron chi connectivity index (χ1n) is 8.49. The number of nitriles is 1. The van der Waals surface area contributed by atoms with Gasteiger partial charge >= 0.3 is 0 Å². The Balaban J connectivity index is 1.48. The lowest BCUT2D eigenvalue weighted by molar-refractivity contribution is 0.0685. The van der Waals surface area contributed by atoms with E-state index in [2.05, 4.69) is 21.4 Å². The summed E-state index contributed by atoms with van der Waals surface area (Å²) in [6.45, 7) is 1.16. The van der Waals surface area contributed by atoms with Gasteiger partial charge in [0.2, 0.25) is 0 Å². The first kappa shape index (κ1) is 16.1. The Morgan fingerprint density at radius 3 is 2.65 bits per heavy atom. The van der Waals surface area contributed by atoms with Gasteiger partial charge in [-0.3, -0.25) is 9.78 Å². The van der Waals surface area contributed by atoms with Gasteiger partial charge in [0.25, 0.3) is 5.91 Å². The van der Waals surface area contributed by atoms with E-state index in [0.29, 0.717) is 48.6 Å². The van der Waals surface area contributed by atoms with E-state index in [1.165, 1.54) is 0 Å². The minimum Gasteiger partial charge on any atom is -0.382 e. The number of nitrogens with one attached hydrogen (secondary N) is 1. The number of rotatable bonds is 1. The number of likely N-dealkylation sites (tertiary alicyclic amines) is 1. The number of anilines is 1. The number of benzene rings is 1. The molecule has 2 aliphatic heterocycles. The molecule has 26 heavy (non-hydrogen) atoms. The maximum absolute atomic E-state index is 12.7. The fraction of sp³-hybridized carbons (Fsp3) is 0.263. The highest BCUT2D eigenvalue weighted by molar-refractivity contribution is 6.02. The molecule has 1 aromatic carbocycles. The second-order valence-electron chi connectivity index (χ2n) is 6.53. The predicted octanol–water partition coefficient (Wildman–Crippen LogP) is 1.72. The number of pyridine rings is 1. The maximum Gasteiger partial charge on any atom is 0.253 e. The third kappa shape index (κ3) is 2.75. The van der Waals surface area contributed by atoms with Crippen LogP contribution < -0.4 is 11.1 Å². The Kier molecular flexibility index (Phi) is 3.81. The van der Waals surface area contributed by atoms with Gasteiger partial charge in [-0.05, 0) is 36.4 Å². The van der Waals surface area contributed by atoms with Crippen molar-refractivity contribution in [3.8, 4) is 6.07 Å². The fourth-order valence-electron chi connectivity index (χ4n) is 3.46. The van der Waals surface area contributed by atoms with Crippen LogP contribution in [0.4, 0.5) is 5.69 Å². The van der Waals surface area contributed by atoms with E-state index in [0.717, 1.165) is 5.69 Å². The minimum absolute atomic E-state index is 0.0285. The lowest BCUT2D eigenvalue weighted by atomic mass is 9.94. The lowest BCUT2D eigenvalue weighted by Gasteiger charge is -2.42. The van der Waals surface area contributed by atoms with Crippen LogP contribution in [0.3, 0.4) is 0 Å². The van der Waals surface area contributed by atoms with Crippen LogP contribution in [0.5, 0.6) is 0 Å². The van der Waals surface area contributed by atoms with Gasteiger partial charge < -0.3 is 16.0 Å². The number of aromatic nitrogens is 1. The molecular weight excluding hydrogens is 328 g/mol. The van der Waals surface area contributed by atoms with Gasteiger partial charge in [-0.2, -0.15) is 5.26 Å². The van der Waals surface area contributed by atoms with Crippen LogP contribution in [-0.4, -0.2) is 40.4 Å². The average Bonchev–Trinajstić information content (AvgIpc) is 2.68. The van der Waals surface area contributed by atoms with E-state index in [1.54, 1.807) is 30.5 Å². The van der Waals surface area contributed by atoms with Crippen LogP contribution in [0.15, 0.2) is 47.6 Å². The van der Waals surface area contributed by atoms with E-state index in [1.807, 2.05) is 17.0 Å². The SMILES string of the molecule is N#Cc1ccc(C(=O)N2CCC3(CC2)N=C(N)c2ncccc2N3)cc1. The number of fused-ring (bicyclic) bond motifs is 1. The van der Waals surface area contributed by atoms with E-state index in [9.17, 15) is 4.79 Å². The fourth-order valence-corrected chi connectivity index (χ4v) is 3.46. The molecule has 2 aromatic rings. The Labute approximate surface area is 151 Å². The number of amidine groups is 1. The monoisotopic (exact) mass is 346 g/mol. The lowest BCUT2D eigenvalue weighted by Crippen LogP contribution is -2.52. The number of amides is 1. The molecule has 0 saturated carbocycles. The summed E-state index contributed by atoms with van der Waals surface area (Å²) in [6, 6.07) is 12.6. The van der Waals surface area contributed by atoms with Crippen molar-refractivity contribution < 1.29 is 4.79 Å². The first-order valence-corrected chi connectivity index (χ1v) is 8.49. The molecule has 4 rings (SSSR count). The van der Waals surface area contributed by atoms with Crippen LogP contribution in [0.2, 0.25) is 0 Å². The van der Waals surface area contributed by atoms with Crippen molar-refractivity contribution in [2.24, 2.45) is 10.7 Å². The standard InChI is InChI=1S/C19H18N6O/c20-12-13-3-5-14(6-4-13)18(26)25-10-7-19(8-11-25)23-15-2-1-9-22-16(15)17(21)24-19/h1-6,9,23H,7-8,10-11H2,(H2,21,24). The topological polar surface area (TPSA) is 107 Å².